The van der Waals surface area contributed by atoms with Crippen LogP contribution in [0.25, 0.3) is 0 Å². The molecule has 0 radical (unpaired) electrons. The van der Waals surface area contributed by atoms with Gasteiger partial charge in [-0.1, -0.05) is 27.7 Å². The van der Waals surface area contributed by atoms with Gasteiger partial charge in [-0.3, -0.25) is 10.3 Å². The third kappa shape index (κ3) is 12.3. The Kier molecular flexibility index (Phi) is 18.2. The summed E-state index contributed by atoms with van der Waals surface area (Å²) in [6, 6.07) is 15.6. The third-order valence-electron chi connectivity index (χ3n) is 2.86. The Morgan fingerprint density at radius 2 is 1.21 bits per heavy atom. The SMILES string of the molecule is C=O.CC.CC.CNc1ccc(Nc2ccc(NOCOC(C)=O)cc2)cc1. The fourth-order valence-corrected chi connectivity index (χ4v) is 1.73. The van der Waals surface area contributed by atoms with Crippen LogP contribution in [-0.4, -0.2) is 26.6 Å². The summed E-state index contributed by atoms with van der Waals surface area (Å²) in [5.74, 6) is -0.384. The van der Waals surface area contributed by atoms with Crippen molar-refractivity contribution in [2.24, 2.45) is 0 Å². The van der Waals surface area contributed by atoms with Crippen molar-refractivity contribution in [3.8, 4) is 0 Å². The Bertz CT molecular complexity index is 617. The van der Waals surface area contributed by atoms with Crippen molar-refractivity contribution >= 4 is 35.5 Å². The number of nitrogens with one attached hydrogen (secondary N) is 3. The topological polar surface area (TPSA) is 88.7 Å². The fraction of sp³-hybridized carbons (Fsp3) is 0.333. The van der Waals surface area contributed by atoms with E-state index in [4.69, 9.17) is 9.63 Å². The van der Waals surface area contributed by atoms with Crippen LogP contribution in [-0.2, 0) is 19.2 Å². The lowest BCUT2D eigenvalue weighted by atomic mass is 10.2. The summed E-state index contributed by atoms with van der Waals surface area (Å²) in [4.78, 5) is 23.6. The molecule has 156 valence electrons. The molecular formula is C21H33N3O4. The first-order valence-corrected chi connectivity index (χ1v) is 9.12. The number of carbonyl (C=O) groups is 2. The lowest BCUT2D eigenvalue weighted by Gasteiger charge is -2.10. The van der Waals surface area contributed by atoms with E-state index < -0.39 is 0 Å². The molecule has 0 heterocycles. The summed E-state index contributed by atoms with van der Waals surface area (Å²) in [6.45, 7) is 11.2. The first-order valence-electron chi connectivity index (χ1n) is 9.12. The van der Waals surface area contributed by atoms with E-state index in [0.29, 0.717) is 0 Å². The summed E-state index contributed by atoms with van der Waals surface area (Å²) in [5.41, 5.74) is 6.49. The zero-order chi connectivity index (χ0) is 21.8. The molecule has 7 nitrogen and oxygen atoms in total. The molecule has 3 N–H and O–H groups in total. The Morgan fingerprint density at radius 1 is 0.821 bits per heavy atom. The van der Waals surface area contributed by atoms with Crippen LogP contribution in [0.15, 0.2) is 48.5 Å². The molecule has 0 aliphatic heterocycles. The third-order valence-corrected chi connectivity index (χ3v) is 2.86. The Labute approximate surface area is 168 Å². The van der Waals surface area contributed by atoms with Gasteiger partial charge in [0, 0.05) is 31.0 Å². The molecule has 2 aromatic rings. The van der Waals surface area contributed by atoms with E-state index in [-0.39, 0.29) is 12.8 Å². The van der Waals surface area contributed by atoms with Crippen molar-refractivity contribution in [1.82, 2.24) is 0 Å². The van der Waals surface area contributed by atoms with Gasteiger partial charge in [-0.2, -0.15) is 0 Å². The minimum Gasteiger partial charge on any atom is -0.436 e. The standard InChI is InChI=1S/C16H19N3O3.2C2H6.CH2O/c1-12(20)21-11-22-19-16-9-7-15(8-10-16)18-14-5-3-13(17-2)4-6-14;3*1-2/h3-10,17-19H,11H2,1-2H3;2*1-2H3;1H2. The van der Waals surface area contributed by atoms with Crippen molar-refractivity contribution < 1.29 is 19.2 Å². The van der Waals surface area contributed by atoms with Gasteiger partial charge in [-0.15, -0.1) is 0 Å². The number of hydrogen-bond acceptors (Lipinski definition) is 7. The molecule has 28 heavy (non-hydrogen) atoms. The molecule has 0 unspecified atom stereocenters. The summed E-state index contributed by atoms with van der Waals surface area (Å²) in [7, 11) is 1.89. The first-order chi connectivity index (χ1) is 13.7. The van der Waals surface area contributed by atoms with Gasteiger partial charge in [0.25, 0.3) is 0 Å². The van der Waals surface area contributed by atoms with Gasteiger partial charge in [0.1, 0.15) is 6.79 Å². The molecule has 0 bridgehead atoms. The average molecular weight is 392 g/mol. The van der Waals surface area contributed by atoms with Crippen molar-refractivity contribution in [2.45, 2.75) is 34.6 Å². The van der Waals surface area contributed by atoms with Gasteiger partial charge < -0.3 is 20.2 Å². The van der Waals surface area contributed by atoms with Crippen LogP contribution in [0.3, 0.4) is 0 Å². The molecule has 2 rings (SSSR count). The molecule has 0 saturated heterocycles. The maximum absolute atomic E-state index is 10.6. The highest BCUT2D eigenvalue weighted by Gasteiger charge is 1.97. The predicted molar refractivity (Wildman–Crippen MR) is 117 cm³/mol. The Balaban J connectivity index is 0. The molecule has 0 fully saturated rings. The van der Waals surface area contributed by atoms with Crippen LogP contribution in [0, 0.1) is 0 Å². The molecule has 7 heteroatoms. The second-order valence-corrected chi connectivity index (χ2v) is 4.53. The minimum atomic E-state index is -0.384. The van der Waals surface area contributed by atoms with E-state index >= 15 is 0 Å². The van der Waals surface area contributed by atoms with Crippen LogP contribution in [0.5, 0.6) is 0 Å². The number of ether oxygens (including phenoxy) is 1. The van der Waals surface area contributed by atoms with Crippen molar-refractivity contribution in [3.05, 3.63) is 48.5 Å². The number of anilines is 4. The minimum absolute atomic E-state index is 0.132. The van der Waals surface area contributed by atoms with Gasteiger partial charge in [0.05, 0.1) is 5.69 Å². The Hall–Kier alpha value is -3.06. The fourth-order valence-electron chi connectivity index (χ4n) is 1.73. The highest BCUT2D eigenvalue weighted by molar-refractivity contribution is 5.66. The summed E-state index contributed by atoms with van der Waals surface area (Å²) < 4.78 is 4.64. The number of hydrogen-bond donors (Lipinski definition) is 3. The van der Waals surface area contributed by atoms with E-state index in [1.165, 1.54) is 6.92 Å². The molecule has 2 aromatic carbocycles. The molecule has 0 aliphatic carbocycles. The maximum atomic E-state index is 10.6. The highest BCUT2D eigenvalue weighted by atomic mass is 16.8. The maximum Gasteiger partial charge on any atom is 0.304 e. The summed E-state index contributed by atoms with van der Waals surface area (Å²) >= 11 is 0. The van der Waals surface area contributed by atoms with E-state index in [9.17, 15) is 4.79 Å². The van der Waals surface area contributed by atoms with E-state index in [1.54, 1.807) is 0 Å². The van der Waals surface area contributed by atoms with Crippen molar-refractivity contribution in [2.75, 3.05) is 30.0 Å². The smallest absolute Gasteiger partial charge is 0.304 e. The number of carbonyl (C=O) groups excluding carboxylic acids is 2. The lowest BCUT2D eigenvalue weighted by Crippen LogP contribution is -2.08. The van der Waals surface area contributed by atoms with Crippen molar-refractivity contribution in [1.29, 1.82) is 0 Å². The summed E-state index contributed by atoms with van der Waals surface area (Å²) in [5, 5.41) is 6.37. The molecule has 0 atom stereocenters. The second-order valence-electron chi connectivity index (χ2n) is 4.53. The van der Waals surface area contributed by atoms with E-state index in [1.807, 2.05) is 90.1 Å². The van der Waals surface area contributed by atoms with E-state index in [0.717, 1.165) is 22.7 Å². The second kappa shape index (κ2) is 18.7. The van der Waals surface area contributed by atoms with Crippen LogP contribution in [0.1, 0.15) is 34.6 Å². The first kappa shape index (κ1) is 27.2. The van der Waals surface area contributed by atoms with Crippen LogP contribution in [0.4, 0.5) is 22.7 Å². The normalized spacial score (nSPS) is 8.36. The monoisotopic (exact) mass is 391 g/mol. The molecular weight excluding hydrogens is 358 g/mol. The quantitative estimate of drug-likeness (QED) is 0.259. The number of benzene rings is 2. The zero-order valence-electron chi connectivity index (χ0n) is 17.7. The van der Waals surface area contributed by atoms with Gasteiger partial charge in [-0.05, 0) is 48.5 Å². The number of rotatable bonds is 7. The van der Waals surface area contributed by atoms with Gasteiger partial charge in [0.2, 0.25) is 6.79 Å². The van der Waals surface area contributed by atoms with Gasteiger partial charge in [0.15, 0.2) is 0 Å². The molecule has 0 spiro atoms. The van der Waals surface area contributed by atoms with Crippen LogP contribution >= 0.6 is 0 Å². The zero-order valence-corrected chi connectivity index (χ0v) is 17.7. The number of esters is 1. The average Bonchev–Trinajstić information content (AvgIpc) is 2.77. The van der Waals surface area contributed by atoms with Crippen LogP contribution < -0.4 is 16.1 Å². The van der Waals surface area contributed by atoms with E-state index in [2.05, 4.69) is 20.9 Å². The van der Waals surface area contributed by atoms with Crippen molar-refractivity contribution in [3.63, 3.8) is 0 Å². The highest BCUT2D eigenvalue weighted by Crippen LogP contribution is 2.20. The summed E-state index contributed by atoms with van der Waals surface area (Å²) in [6.07, 6.45) is 0. The molecule has 0 amide bonds. The molecule has 0 saturated carbocycles. The lowest BCUT2D eigenvalue weighted by molar-refractivity contribution is -0.151. The molecule has 0 aliphatic rings. The molecule has 0 aromatic heterocycles. The van der Waals surface area contributed by atoms with Gasteiger partial charge >= 0.3 is 5.97 Å². The largest absolute Gasteiger partial charge is 0.436 e. The predicted octanol–water partition coefficient (Wildman–Crippen LogP) is 5.20. The Morgan fingerprint density at radius 3 is 1.61 bits per heavy atom. The van der Waals surface area contributed by atoms with Crippen LogP contribution in [0.2, 0.25) is 0 Å². The van der Waals surface area contributed by atoms with Gasteiger partial charge in [-0.25, -0.2) is 4.84 Å².